The average Bonchev–Trinajstić information content (AvgIpc) is 0.914. The van der Waals surface area contributed by atoms with Crippen molar-refractivity contribution in [1.29, 1.82) is 0 Å². The number of carbonyl (C=O) groups is 4. The fourth-order valence-electron chi connectivity index (χ4n) is 13.2. The maximum atomic E-state index is 13.1. The van der Waals surface area contributed by atoms with Gasteiger partial charge in [-0.2, -0.15) is 0 Å². The predicted octanol–water partition coefficient (Wildman–Crippen LogP) is 25.7. The van der Waals surface area contributed by atoms with Gasteiger partial charge < -0.3 is 33.8 Å². The lowest BCUT2D eigenvalue weighted by molar-refractivity contribution is -0.161. The second-order valence-electron chi connectivity index (χ2n) is 30.2. The van der Waals surface area contributed by atoms with E-state index in [4.69, 9.17) is 37.0 Å². The maximum absolute atomic E-state index is 13.1. The van der Waals surface area contributed by atoms with E-state index < -0.39 is 97.5 Å². The van der Waals surface area contributed by atoms with Gasteiger partial charge in [0, 0.05) is 25.7 Å². The second-order valence-corrected chi connectivity index (χ2v) is 33.1. The van der Waals surface area contributed by atoms with Gasteiger partial charge in [0.1, 0.15) is 19.3 Å². The zero-order chi connectivity index (χ0) is 75.3. The molecule has 3 N–H and O–H groups in total. The van der Waals surface area contributed by atoms with Gasteiger partial charge in [0.15, 0.2) is 12.2 Å². The Morgan fingerprint density at radius 1 is 0.233 bits per heavy atom. The average molecular weight is 1510 g/mol. The molecule has 0 aromatic carbocycles. The number of phosphoric ester groups is 2. The predicted molar refractivity (Wildman–Crippen MR) is 423 cm³/mol. The van der Waals surface area contributed by atoms with E-state index in [1.54, 1.807) is 0 Å². The molecule has 0 aliphatic carbocycles. The molecule has 0 spiro atoms. The van der Waals surface area contributed by atoms with E-state index in [9.17, 15) is 43.2 Å². The maximum Gasteiger partial charge on any atom is 0.472 e. The normalized spacial score (nSPS) is 13.7. The Hall–Kier alpha value is -1.94. The molecule has 0 radical (unpaired) electrons. The molecule has 0 saturated carbocycles. The zero-order valence-electron chi connectivity index (χ0n) is 67.3. The molecule has 0 bridgehead atoms. The molecule has 19 heteroatoms. The topological polar surface area (TPSA) is 237 Å². The molecule has 0 aromatic heterocycles. The Morgan fingerprint density at radius 3 is 0.573 bits per heavy atom. The third-order valence-corrected chi connectivity index (χ3v) is 21.8. The smallest absolute Gasteiger partial charge is 0.462 e. The van der Waals surface area contributed by atoms with Crippen molar-refractivity contribution in [3.63, 3.8) is 0 Å². The van der Waals surface area contributed by atoms with Crippen LogP contribution >= 0.6 is 15.6 Å². The van der Waals surface area contributed by atoms with Crippen LogP contribution in [0.2, 0.25) is 0 Å². The third-order valence-electron chi connectivity index (χ3n) is 19.9. The first-order valence-electron chi connectivity index (χ1n) is 43.8. The molecule has 0 fully saturated rings. The van der Waals surface area contributed by atoms with Gasteiger partial charge in [-0.1, -0.05) is 407 Å². The van der Waals surface area contributed by atoms with Crippen LogP contribution in [0.1, 0.15) is 458 Å². The molecular weight excluding hydrogens is 1340 g/mol. The largest absolute Gasteiger partial charge is 0.472 e. The number of hydrogen-bond donors (Lipinski definition) is 3. The summed E-state index contributed by atoms with van der Waals surface area (Å²) in [6.07, 6.45) is 72.8. The Morgan fingerprint density at radius 2 is 0.388 bits per heavy atom. The standard InChI is InChI=1S/C84H164O17P2/c1-5-9-13-17-20-23-26-29-32-35-38-41-44-47-50-53-56-59-63-67-71-84(89)101-80(75-95-82(87)69-65-61-57-54-51-48-45-42-39-36-33-30-27-24-21-18-14-10-6-2)77-99-103(92,93)97-73-78(85)72-96-102(90,91)98-76-79(74-94-81(86)68-64-60-16-12-8-4)100-83(88)70-66-62-58-55-52-49-46-43-40-37-34-31-28-25-22-19-15-11-7-3/h78-80,85H,5-77H2,1-4H3,(H,90,91)(H,92,93)/t78-,79+,80+/m0/s1. The molecular formula is C84H164O17P2. The van der Waals surface area contributed by atoms with Gasteiger partial charge in [-0.3, -0.25) is 37.3 Å². The molecule has 0 amide bonds. The second kappa shape index (κ2) is 78.2. The third kappa shape index (κ3) is 78.0. The SMILES string of the molecule is CCCCCCCCCCCCCCCCCCCCCCC(=O)O[C@H](COC(=O)CCCCCCCCCCCCCCCCCCCCC)COP(=O)(O)OC[C@@H](O)COP(=O)(O)OC[C@@H](COC(=O)CCCCCCC)OC(=O)CCCCCCCCCCCCCCCCCCCCC. The van der Waals surface area contributed by atoms with E-state index in [1.807, 2.05) is 0 Å². The summed E-state index contributed by atoms with van der Waals surface area (Å²) in [6.45, 7) is 4.96. The van der Waals surface area contributed by atoms with E-state index in [1.165, 1.54) is 283 Å². The number of phosphoric acid groups is 2. The Labute approximate surface area is 632 Å². The fourth-order valence-corrected chi connectivity index (χ4v) is 14.7. The first-order chi connectivity index (χ1) is 50.2. The summed E-state index contributed by atoms with van der Waals surface area (Å²) in [5, 5.41) is 10.6. The summed E-state index contributed by atoms with van der Waals surface area (Å²) < 4.78 is 68.6. The summed E-state index contributed by atoms with van der Waals surface area (Å²) >= 11 is 0. The number of hydrogen-bond acceptors (Lipinski definition) is 15. The van der Waals surface area contributed by atoms with Gasteiger partial charge in [0.05, 0.1) is 26.4 Å². The van der Waals surface area contributed by atoms with Crippen molar-refractivity contribution in [3.8, 4) is 0 Å². The van der Waals surface area contributed by atoms with Gasteiger partial charge in [-0.15, -0.1) is 0 Å². The monoisotopic (exact) mass is 1510 g/mol. The van der Waals surface area contributed by atoms with E-state index in [0.717, 1.165) is 96.3 Å². The highest BCUT2D eigenvalue weighted by Crippen LogP contribution is 2.45. The van der Waals surface area contributed by atoms with Crippen molar-refractivity contribution in [1.82, 2.24) is 0 Å². The molecule has 5 atom stereocenters. The van der Waals surface area contributed by atoms with Gasteiger partial charge in [0.25, 0.3) is 0 Å². The number of unbranched alkanes of at least 4 members (excludes halogenated alkanes) is 59. The minimum atomic E-state index is -4.96. The number of esters is 4. The van der Waals surface area contributed by atoms with Crippen LogP contribution in [-0.4, -0.2) is 96.7 Å². The minimum absolute atomic E-state index is 0.108. The van der Waals surface area contributed by atoms with Crippen LogP contribution < -0.4 is 0 Å². The molecule has 612 valence electrons. The highest BCUT2D eigenvalue weighted by molar-refractivity contribution is 7.47. The zero-order valence-corrected chi connectivity index (χ0v) is 69.1. The van der Waals surface area contributed by atoms with Crippen LogP contribution in [0.4, 0.5) is 0 Å². The Kier molecular flexibility index (Phi) is 76.7. The first kappa shape index (κ1) is 101. The number of ether oxygens (including phenoxy) is 4. The lowest BCUT2D eigenvalue weighted by Crippen LogP contribution is -2.30. The van der Waals surface area contributed by atoms with Crippen molar-refractivity contribution < 1.29 is 80.2 Å². The number of aliphatic hydroxyl groups is 1. The van der Waals surface area contributed by atoms with Crippen molar-refractivity contribution in [2.24, 2.45) is 0 Å². The van der Waals surface area contributed by atoms with Crippen molar-refractivity contribution >= 4 is 39.5 Å². The summed E-state index contributed by atoms with van der Waals surface area (Å²) in [7, 11) is -9.91. The molecule has 0 aliphatic rings. The first-order valence-corrected chi connectivity index (χ1v) is 46.8. The van der Waals surface area contributed by atoms with Crippen molar-refractivity contribution in [3.05, 3.63) is 0 Å². The van der Waals surface area contributed by atoms with E-state index in [-0.39, 0.29) is 25.7 Å². The van der Waals surface area contributed by atoms with Crippen molar-refractivity contribution in [2.45, 2.75) is 476 Å². The molecule has 0 aromatic rings. The van der Waals surface area contributed by atoms with Crippen LogP contribution in [0, 0.1) is 0 Å². The van der Waals surface area contributed by atoms with E-state index in [0.29, 0.717) is 25.7 Å². The van der Waals surface area contributed by atoms with E-state index >= 15 is 0 Å². The van der Waals surface area contributed by atoms with Crippen molar-refractivity contribution in [2.75, 3.05) is 39.6 Å². The molecule has 0 aliphatic heterocycles. The van der Waals surface area contributed by atoms with Crippen LogP contribution in [0.15, 0.2) is 0 Å². The summed E-state index contributed by atoms with van der Waals surface area (Å²) in [5.41, 5.74) is 0. The lowest BCUT2D eigenvalue weighted by atomic mass is 10.0. The molecule has 17 nitrogen and oxygen atoms in total. The minimum Gasteiger partial charge on any atom is -0.462 e. The lowest BCUT2D eigenvalue weighted by Gasteiger charge is -2.21. The Balaban J connectivity index is 5.09. The Bertz CT molecular complexity index is 1950. The van der Waals surface area contributed by atoms with Crippen LogP contribution in [0.5, 0.6) is 0 Å². The highest BCUT2D eigenvalue weighted by Gasteiger charge is 2.30. The summed E-state index contributed by atoms with van der Waals surface area (Å²) in [5.74, 6) is -2.11. The highest BCUT2D eigenvalue weighted by atomic mass is 31.2. The number of carbonyl (C=O) groups excluding carboxylic acids is 4. The molecule has 2 unspecified atom stereocenters. The molecule has 0 saturated heterocycles. The van der Waals surface area contributed by atoms with Crippen LogP contribution in [-0.2, 0) is 65.4 Å². The summed E-state index contributed by atoms with van der Waals surface area (Å²) in [6, 6.07) is 0. The molecule has 0 heterocycles. The van der Waals surface area contributed by atoms with Gasteiger partial charge in [-0.05, 0) is 25.7 Å². The van der Waals surface area contributed by atoms with Gasteiger partial charge in [-0.25, -0.2) is 9.13 Å². The molecule has 103 heavy (non-hydrogen) atoms. The van der Waals surface area contributed by atoms with E-state index in [2.05, 4.69) is 27.7 Å². The number of rotatable bonds is 85. The fraction of sp³-hybridized carbons (Fsp3) is 0.952. The van der Waals surface area contributed by atoms with Crippen LogP contribution in [0.25, 0.3) is 0 Å². The summed E-state index contributed by atoms with van der Waals surface area (Å²) in [4.78, 5) is 72.8. The molecule has 0 rings (SSSR count). The number of aliphatic hydroxyl groups excluding tert-OH is 1. The quantitative estimate of drug-likeness (QED) is 0.0222. The van der Waals surface area contributed by atoms with Gasteiger partial charge in [0.2, 0.25) is 0 Å². The van der Waals surface area contributed by atoms with Gasteiger partial charge >= 0.3 is 39.5 Å². The van der Waals surface area contributed by atoms with Crippen LogP contribution in [0.3, 0.4) is 0 Å².